The van der Waals surface area contributed by atoms with Gasteiger partial charge in [-0.25, -0.2) is 9.67 Å². The molecule has 2 heterocycles. The first-order valence-electron chi connectivity index (χ1n) is 8.89. The van der Waals surface area contributed by atoms with Gasteiger partial charge in [-0.1, -0.05) is 0 Å². The van der Waals surface area contributed by atoms with E-state index in [4.69, 9.17) is 4.74 Å². The number of aromatic nitrogens is 5. The summed E-state index contributed by atoms with van der Waals surface area (Å²) in [6, 6.07) is 7.59. The molecule has 0 bridgehead atoms. The summed E-state index contributed by atoms with van der Waals surface area (Å²) in [5.41, 5.74) is 2.94. The SMILES string of the molecule is COc1ccc(-n2ncc([C@H](C)NC(=O)CCCn3cncn3)c2C)cc1. The summed E-state index contributed by atoms with van der Waals surface area (Å²) in [4.78, 5) is 16.1. The van der Waals surface area contributed by atoms with Crippen LogP contribution in [0.4, 0.5) is 0 Å². The quantitative estimate of drug-likeness (QED) is 0.660. The van der Waals surface area contributed by atoms with Crippen molar-refractivity contribution in [3.05, 3.63) is 54.4 Å². The third kappa shape index (κ3) is 4.52. The van der Waals surface area contributed by atoms with Crippen LogP contribution >= 0.6 is 0 Å². The number of ether oxygens (including phenoxy) is 1. The molecular weight excluding hydrogens is 344 g/mol. The number of benzene rings is 1. The third-order valence-electron chi connectivity index (χ3n) is 4.47. The molecule has 1 aromatic carbocycles. The number of hydrogen-bond acceptors (Lipinski definition) is 5. The molecule has 142 valence electrons. The molecule has 3 rings (SSSR count). The van der Waals surface area contributed by atoms with E-state index in [2.05, 4.69) is 20.5 Å². The van der Waals surface area contributed by atoms with Crippen LogP contribution in [0.15, 0.2) is 43.1 Å². The Balaban J connectivity index is 1.58. The topological polar surface area (TPSA) is 86.9 Å². The Morgan fingerprint density at radius 2 is 2.04 bits per heavy atom. The monoisotopic (exact) mass is 368 g/mol. The fourth-order valence-corrected chi connectivity index (χ4v) is 2.97. The Morgan fingerprint density at radius 3 is 2.70 bits per heavy atom. The normalized spacial score (nSPS) is 12.0. The van der Waals surface area contributed by atoms with E-state index in [0.717, 1.165) is 22.7 Å². The molecule has 0 aliphatic carbocycles. The molecule has 1 N–H and O–H groups in total. The lowest BCUT2D eigenvalue weighted by Gasteiger charge is -2.14. The second-order valence-corrected chi connectivity index (χ2v) is 6.35. The Hall–Kier alpha value is -3.16. The number of amides is 1. The Morgan fingerprint density at radius 1 is 1.26 bits per heavy atom. The zero-order valence-electron chi connectivity index (χ0n) is 15.8. The summed E-state index contributed by atoms with van der Waals surface area (Å²) in [6.45, 7) is 4.65. The van der Waals surface area contributed by atoms with Crippen molar-refractivity contribution in [3.8, 4) is 11.4 Å². The van der Waals surface area contributed by atoms with Crippen molar-refractivity contribution in [3.63, 3.8) is 0 Å². The number of rotatable bonds is 8. The molecule has 0 aliphatic rings. The van der Waals surface area contributed by atoms with Gasteiger partial charge in [-0.2, -0.15) is 10.2 Å². The van der Waals surface area contributed by atoms with Gasteiger partial charge < -0.3 is 10.1 Å². The highest BCUT2D eigenvalue weighted by Crippen LogP contribution is 2.21. The van der Waals surface area contributed by atoms with Gasteiger partial charge in [0.15, 0.2) is 0 Å². The molecule has 0 aliphatic heterocycles. The Bertz CT molecular complexity index is 870. The fraction of sp³-hybridized carbons (Fsp3) is 0.368. The van der Waals surface area contributed by atoms with Crippen LogP contribution in [0.2, 0.25) is 0 Å². The van der Waals surface area contributed by atoms with E-state index in [1.807, 2.05) is 42.8 Å². The minimum absolute atomic E-state index is 0.0132. The number of aryl methyl sites for hydroxylation is 1. The highest BCUT2D eigenvalue weighted by molar-refractivity contribution is 5.76. The highest BCUT2D eigenvalue weighted by Gasteiger charge is 2.16. The molecule has 1 amide bonds. The van der Waals surface area contributed by atoms with Crippen LogP contribution in [-0.2, 0) is 11.3 Å². The van der Waals surface area contributed by atoms with Gasteiger partial charge in [-0.15, -0.1) is 0 Å². The van der Waals surface area contributed by atoms with Crippen molar-refractivity contribution >= 4 is 5.91 Å². The van der Waals surface area contributed by atoms with E-state index in [9.17, 15) is 4.79 Å². The van der Waals surface area contributed by atoms with Gasteiger partial charge in [0.05, 0.1) is 25.0 Å². The van der Waals surface area contributed by atoms with Gasteiger partial charge in [0, 0.05) is 24.2 Å². The highest BCUT2D eigenvalue weighted by atomic mass is 16.5. The predicted molar refractivity (Wildman–Crippen MR) is 101 cm³/mol. The summed E-state index contributed by atoms with van der Waals surface area (Å²) in [5, 5.41) is 11.5. The predicted octanol–water partition coefficient (Wildman–Crippen LogP) is 2.44. The summed E-state index contributed by atoms with van der Waals surface area (Å²) in [5.74, 6) is 0.814. The van der Waals surface area contributed by atoms with Crippen LogP contribution in [0.3, 0.4) is 0 Å². The van der Waals surface area contributed by atoms with Gasteiger partial charge in [-0.3, -0.25) is 9.48 Å². The summed E-state index contributed by atoms with van der Waals surface area (Å²) >= 11 is 0. The van der Waals surface area contributed by atoms with Crippen molar-refractivity contribution in [2.75, 3.05) is 7.11 Å². The van der Waals surface area contributed by atoms with Crippen molar-refractivity contribution in [2.45, 2.75) is 39.3 Å². The molecular formula is C19H24N6O2. The van der Waals surface area contributed by atoms with Gasteiger partial charge >= 0.3 is 0 Å². The van der Waals surface area contributed by atoms with E-state index in [-0.39, 0.29) is 11.9 Å². The maximum absolute atomic E-state index is 12.2. The lowest BCUT2D eigenvalue weighted by molar-refractivity contribution is -0.121. The molecule has 0 saturated heterocycles. The van der Waals surface area contributed by atoms with Gasteiger partial charge in [0.25, 0.3) is 0 Å². The van der Waals surface area contributed by atoms with E-state index in [1.165, 1.54) is 6.33 Å². The zero-order valence-corrected chi connectivity index (χ0v) is 15.8. The number of hydrogen-bond donors (Lipinski definition) is 1. The lowest BCUT2D eigenvalue weighted by Crippen LogP contribution is -2.27. The molecule has 3 aromatic rings. The van der Waals surface area contributed by atoms with E-state index in [0.29, 0.717) is 19.4 Å². The molecule has 0 spiro atoms. The Labute approximate surface area is 158 Å². The van der Waals surface area contributed by atoms with Crippen LogP contribution in [0.25, 0.3) is 5.69 Å². The summed E-state index contributed by atoms with van der Waals surface area (Å²) in [6.07, 6.45) is 6.10. The van der Waals surface area contributed by atoms with Gasteiger partial charge in [-0.05, 0) is 44.5 Å². The standard InChI is InChI=1S/C19H24N6O2/c1-14(23-19(26)5-4-10-24-13-20-12-22-24)18-11-21-25(15(18)2)16-6-8-17(27-3)9-7-16/h6-9,11-14H,4-5,10H2,1-3H3,(H,23,26)/t14-/m0/s1. The molecule has 27 heavy (non-hydrogen) atoms. The lowest BCUT2D eigenvalue weighted by atomic mass is 10.1. The minimum atomic E-state index is -0.115. The smallest absolute Gasteiger partial charge is 0.220 e. The van der Waals surface area contributed by atoms with Crippen molar-refractivity contribution in [1.29, 1.82) is 0 Å². The van der Waals surface area contributed by atoms with Crippen molar-refractivity contribution in [1.82, 2.24) is 29.9 Å². The maximum Gasteiger partial charge on any atom is 0.220 e. The molecule has 1 atom stereocenters. The second kappa shape index (κ2) is 8.48. The van der Waals surface area contributed by atoms with Crippen LogP contribution in [-0.4, -0.2) is 37.6 Å². The number of carbonyl (C=O) groups excluding carboxylic acids is 1. The van der Waals surface area contributed by atoms with Crippen molar-refractivity contribution < 1.29 is 9.53 Å². The average Bonchev–Trinajstić information content (AvgIpc) is 3.31. The minimum Gasteiger partial charge on any atom is -0.497 e. The van der Waals surface area contributed by atoms with E-state index < -0.39 is 0 Å². The molecule has 0 radical (unpaired) electrons. The molecule has 0 saturated carbocycles. The number of carbonyl (C=O) groups is 1. The van der Waals surface area contributed by atoms with Crippen molar-refractivity contribution in [2.24, 2.45) is 0 Å². The molecule has 2 aromatic heterocycles. The number of nitrogens with one attached hydrogen (secondary N) is 1. The Kier molecular flexibility index (Phi) is 5.85. The molecule has 0 fully saturated rings. The first-order valence-corrected chi connectivity index (χ1v) is 8.89. The molecule has 0 unspecified atom stereocenters. The average molecular weight is 368 g/mol. The fourth-order valence-electron chi connectivity index (χ4n) is 2.97. The van der Waals surface area contributed by atoms with Crippen LogP contribution in [0.5, 0.6) is 5.75 Å². The van der Waals surface area contributed by atoms with Crippen LogP contribution in [0.1, 0.15) is 37.1 Å². The zero-order chi connectivity index (χ0) is 19.2. The molecule has 8 heteroatoms. The number of nitrogens with zero attached hydrogens (tertiary/aromatic N) is 5. The van der Waals surface area contributed by atoms with Gasteiger partial charge in [0.1, 0.15) is 18.4 Å². The third-order valence-corrected chi connectivity index (χ3v) is 4.47. The second-order valence-electron chi connectivity index (χ2n) is 6.35. The maximum atomic E-state index is 12.2. The largest absolute Gasteiger partial charge is 0.497 e. The van der Waals surface area contributed by atoms with Crippen LogP contribution < -0.4 is 10.1 Å². The first kappa shape index (κ1) is 18.6. The van der Waals surface area contributed by atoms with Crippen LogP contribution in [0, 0.1) is 6.92 Å². The number of methoxy groups -OCH3 is 1. The van der Waals surface area contributed by atoms with E-state index in [1.54, 1.807) is 24.3 Å². The van der Waals surface area contributed by atoms with E-state index >= 15 is 0 Å². The summed E-state index contributed by atoms with van der Waals surface area (Å²) in [7, 11) is 1.64. The van der Waals surface area contributed by atoms with Gasteiger partial charge in [0.2, 0.25) is 5.91 Å². The molecule has 8 nitrogen and oxygen atoms in total. The summed E-state index contributed by atoms with van der Waals surface area (Å²) < 4.78 is 8.78. The first-order chi connectivity index (χ1) is 13.1.